The average Bonchev–Trinajstić information content (AvgIpc) is 3.17. The fourth-order valence-electron chi connectivity index (χ4n) is 3.74. The van der Waals surface area contributed by atoms with E-state index in [1.54, 1.807) is 0 Å². The van der Waals surface area contributed by atoms with E-state index < -0.39 is 0 Å². The molecule has 3 aromatic rings. The molecule has 0 bridgehead atoms. The zero-order chi connectivity index (χ0) is 24.8. The van der Waals surface area contributed by atoms with Crippen LogP contribution in [0.2, 0.25) is 0 Å². The fourth-order valence-corrected chi connectivity index (χ4v) is 5.50. The van der Waals surface area contributed by atoms with Crippen LogP contribution in [0.5, 0.6) is 11.5 Å². The Bertz CT molecular complexity index is 1230. The Morgan fingerprint density at radius 1 is 1.06 bits per heavy atom. The number of benzene rings is 3. The molecular formula is C28H29IN2O3S. The standard InChI is InChI=1S/C28H29IN2O3S/c1-4-19-9-11-22(12-10-19)30-28-31-27(32)25(35-28)16-21-14-23(29)26(24(15-21)33-5-2)34-17-20-8-6-7-18(3)13-20/h6-16,28,30H,4-5,17H2,1-3H3,(H,31,32)/b25-16-/t28-/m1/s1. The van der Waals surface area contributed by atoms with E-state index >= 15 is 0 Å². The molecule has 4 rings (SSSR count). The molecule has 1 amide bonds. The van der Waals surface area contributed by atoms with Gasteiger partial charge in [0.25, 0.3) is 5.91 Å². The summed E-state index contributed by atoms with van der Waals surface area (Å²) in [6, 6.07) is 20.5. The van der Waals surface area contributed by atoms with E-state index in [2.05, 4.69) is 77.4 Å². The van der Waals surface area contributed by atoms with Gasteiger partial charge in [0.2, 0.25) is 0 Å². The van der Waals surface area contributed by atoms with Gasteiger partial charge in [0, 0.05) is 5.69 Å². The Hall–Kier alpha value is -2.65. The lowest BCUT2D eigenvalue weighted by Gasteiger charge is -2.15. The minimum Gasteiger partial charge on any atom is -0.490 e. The Labute approximate surface area is 224 Å². The summed E-state index contributed by atoms with van der Waals surface area (Å²) >= 11 is 3.73. The molecule has 5 nitrogen and oxygen atoms in total. The number of ether oxygens (including phenoxy) is 2. The third-order valence-electron chi connectivity index (χ3n) is 5.49. The third kappa shape index (κ3) is 6.73. The molecule has 7 heteroatoms. The minimum absolute atomic E-state index is 0.0922. The van der Waals surface area contributed by atoms with Crippen molar-refractivity contribution in [1.82, 2.24) is 5.32 Å². The van der Waals surface area contributed by atoms with Gasteiger partial charge in [0.15, 0.2) is 17.0 Å². The van der Waals surface area contributed by atoms with Gasteiger partial charge in [-0.3, -0.25) is 4.79 Å². The van der Waals surface area contributed by atoms with Gasteiger partial charge in [-0.15, -0.1) is 0 Å². The van der Waals surface area contributed by atoms with Crippen molar-refractivity contribution in [2.75, 3.05) is 11.9 Å². The van der Waals surface area contributed by atoms with Crippen molar-refractivity contribution in [3.05, 3.63) is 91.4 Å². The molecule has 1 aliphatic heterocycles. The number of nitrogens with one attached hydrogen (secondary N) is 2. The number of aryl methyl sites for hydroxylation is 2. The van der Waals surface area contributed by atoms with Crippen molar-refractivity contribution >= 4 is 52.0 Å². The van der Waals surface area contributed by atoms with Crippen LogP contribution >= 0.6 is 34.4 Å². The molecule has 0 aromatic heterocycles. The summed E-state index contributed by atoms with van der Waals surface area (Å²) in [7, 11) is 0. The summed E-state index contributed by atoms with van der Waals surface area (Å²) in [5.41, 5.74) is 5.24. The van der Waals surface area contributed by atoms with Gasteiger partial charge in [0.1, 0.15) is 6.61 Å². The van der Waals surface area contributed by atoms with Crippen molar-refractivity contribution in [3.63, 3.8) is 0 Å². The van der Waals surface area contributed by atoms with Crippen molar-refractivity contribution in [2.45, 2.75) is 39.3 Å². The second-order valence-electron chi connectivity index (χ2n) is 8.22. The van der Waals surface area contributed by atoms with Crippen molar-refractivity contribution in [3.8, 4) is 11.5 Å². The van der Waals surface area contributed by atoms with Crippen LogP contribution < -0.4 is 20.1 Å². The van der Waals surface area contributed by atoms with Crippen molar-refractivity contribution in [1.29, 1.82) is 0 Å². The molecule has 35 heavy (non-hydrogen) atoms. The van der Waals surface area contributed by atoms with Crippen LogP contribution in [0.3, 0.4) is 0 Å². The zero-order valence-corrected chi connectivity index (χ0v) is 23.0. The molecule has 1 atom stereocenters. The third-order valence-corrected chi connectivity index (χ3v) is 7.32. The maximum absolute atomic E-state index is 12.6. The van der Waals surface area contributed by atoms with Gasteiger partial charge in [-0.1, -0.05) is 60.6 Å². The number of hydrogen-bond donors (Lipinski definition) is 2. The molecule has 0 spiro atoms. The van der Waals surface area contributed by atoms with Crippen LogP contribution in [-0.4, -0.2) is 18.0 Å². The maximum Gasteiger partial charge on any atom is 0.260 e. The first-order valence-corrected chi connectivity index (χ1v) is 13.6. The lowest BCUT2D eigenvalue weighted by Crippen LogP contribution is -2.30. The first-order valence-electron chi connectivity index (χ1n) is 11.6. The summed E-state index contributed by atoms with van der Waals surface area (Å²) in [5.74, 6) is 1.30. The summed E-state index contributed by atoms with van der Waals surface area (Å²) in [5, 5.41) is 6.37. The van der Waals surface area contributed by atoms with Crippen molar-refractivity contribution in [2.24, 2.45) is 0 Å². The van der Waals surface area contributed by atoms with Gasteiger partial charge in [-0.05, 0) is 89.9 Å². The van der Waals surface area contributed by atoms with Crippen LogP contribution in [-0.2, 0) is 17.8 Å². The van der Waals surface area contributed by atoms with Crippen LogP contribution in [0, 0.1) is 10.5 Å². The molecule has 1 fully saturated rings. The Morgan fingerprint density at radius 2 is 1.86 bits per heavy atom. The van der Waals surface area contributed by atoms with Crippen molar-refractivity contribution < 1.29 is 14.3 Å². The molecule has 1 aliphatic rings. The molecule has 0 unspecified atom stereocenters. The highest BCUT2D eigenvalue weighted by atomic mass is 127. The number of thioether (sulfide) groups is 1. The fraction of sp³-hybridized carbons (Fsp3) is 0.250. The molecular weight excluding hydrogens is 571 g/mol. The van der Waals surface area contributed by atoms with E-state index in [-0.39, 0.29) is 11.4 Å². The Balaban J connectivity index is 1.49. The smallest absolute Gasteiger partial charge is 0.260 e. The van der Waals surface area contributed by atoms with Crippen LogP contribution in [0.25, 0.3) is 6.08 Å². The minimum atomic E-state index is -0.219. The second-order valence-corrected chi connectivity index (χ2v) is 10.5. The van der Waals surface area contributed by atoms with Crippen LogP contribution in [0.1, 0.15) is 36.1 Å². The lowest BCUT2D eigenvalue weighted by atomic mass is 10.1. The molecule has 0 aliphatic carbocycles. The van der Waals surface area contributed by atoms with Gasteiger partial charge in [-0.2, -0.15) is 0 Å². The monoisotopic (exact) mass is 600 g/mol. The van der Waals surface area contributed by atoms with E-state index in [9.17, 15) is 4.79 Å². The molecule has 0 radical (unpaired) electrons. The normalized spacial score (nSPS) is 16.3. The van der Waals surface area contributed by atoms with Gasteiger partial charge in [-0.25, -0.2) is 0 Å². The summed E-state index contributed by atoms with van der Waals surface area (Å²) in [4.78, 5) is 13.3. The topological polar surface area (TPSA) is 59.6 Å². The molecule has 2 N–H and O–H groups in total. The summed E-state index contributed by atoms with van der Waals surface area (Å²) in [6.07, 6.45) is 2.90. The second kappa shape index (κ2) is 11.9. The maximum atomic E-state index is 12.6. The summed E-state index contributed by atoms with van der Waals surface area (Å²) < 4.78 is 13.0. The highest BCUT2D eigenvalue weighted by Gasteiger charge is 2.27. The van der Waals surface area contributed by atoms with E-state index in [1.807, 2.05) is 43.3 Å². The number of halogens is 1. The average molecular weight is 601 g/mol. The molecule has 1 saturated heterocycles. The number of anilines is 1. The number of hydrogen-bond acceptors (Lipinski definition) is 5. The lowest BCUT2D eigenvalue weighted by molar-refractivity contribution is -0.116. The van der Waals surface area contributed by atoms with E-state index in [0.29, 0.717) is 23.9 Å². The highest BCUT2D eigenvalue weighted by Crippen LogP contribution is 2.37. The first-order chi connectivity index (χ1) is 16.9. The van der Waals surface area contributed by atoms with E-state index in [4.69, 9.17) is 9.47 Å². The Kier molecular flexibility index (Phi) is 8.62. The summed E-state index contributed by atoms with van der Waals surface area (Å²) in [6.45, 7) is 7.14. The van der Waals surface area contributed by atoms with Gasteiger partial charge in [0.05, 0.1) is 15.1 Å². The molecule has 1 heterocycles. The number of amides is 1. The number of rotatable bonds is 9. The predicted molar refractivity (Wildman–Crippen MR) is 153 cm³/mol. The van der Waals surface area contributed by atoms with Crippen LogP contribution in [0.15, 0.2) is 65.6 Å². The molecule has 182 valence electrons. The SMILES string of the molecule is CCOc1cc(/C=C2\S[C@H](Nc3ccc(CC)cc3)NC2=O)cc(I)c1OCc1cccc(C)c1. The number of carbonyl (C=O) groups excluding carboxylic acids is 1. The largest absolute Gasteiger partial charge is 0.490 e. The quantitative estimate of drug-likeness (QED) is 0.211. The first kappa shape index (κ1) is 25.4. The molecule has 0 saturated carbocycles. The Morgan fingerprint density at radius 3 is 2.57 bits per heavy atom. The predicted octanol–water partition coefficient (Wildman–Crippen LogP) is 6.74. The highest BCUT2D eigenvalue weighted by molar-refractivity contribution is 14.1. The number of carbonyl (C=O) groups is 1. The van der Waals surface area contributed by atoms with Gasteiger partial charge >= 0.3 is 0 Å². The van der Waals surface area contributed by atoms with E-state index in [1.165, 1.54) is 22.9 Å². The van der Waals surface area contributed by atoms with Crippen LogP contribution in [0.4, 0.5) is 5.69 Å². The zero-order valence-electron chi connectivity index (χ0n) is 20.1. The molecule has 3 aromatic carbocycles. The van der Waals surface area contributed by atoms with Gasteiger partial charge < -0.3 is 20.1 Å². The van der Waals surface area contributed by atoms with E-state index in [0.717, 1.165) is 32.6 Å².